The van der Waals surface area contributed by atoms with Crippen molar-refractivity contribution in [2.45, 2.75) is 20.3 Å². The van der Waals surface area contributed by atoms with Gasteiger partial charge in [0.1, 0.15) is 22.9 Å². The Morgan fingerprint density at radius 3 is 2.76 bits per heavy atom. The molecule has 1 aromatic carbocycles. The summed E-state index contributed by atoms with van der Waals surface area (Å²) in [5, 5.41) is 0.848. The maximum atomic E-state index is 13.0. The lowest BCUT2D eigenvalue weighted by Crippen LogP contribution is -2.15. The summed E-state index contributed by atoms with van der Waals surface area (Å²) in [6.07, 6.45) is 0.852. The normalized spacial score (nSPS) is 13.2. The lowest BCUT2D eigenvalue weighted by Gasteiger charge is -2.18. The number of fused-ring (bicyclic) bond motifs is 2. The van der Waals surface area contributed by atoms with Crippen LogP contribution in [0.4, 0.5) is 5.69 Å². The van der Waals surface area contributed by atoms with Crippen molar-refractivity contribution >= 4 is 33.0 Å². The summed E-state index contributed by atoms with van der Waals surface area (Å²) in [5.74, 6) is 1.14. The fourth-order valence-electron chi connectivity index (χ4n) is 3.02. The van der Waals surface area contributed by atoms with Gasteiger partial charge in [-0.1, -0.05) is 6.92 Å². The van der Waals surface area contributed by atoms with Crippen LogP contribution in [0.15, 0.2) is 24.3 Å². The zero-order valence-corrected chi connectivity index (χ0v) is 14.9. The lowest BCUT2D eigenvalue weighted by molar-refractivity contribution is 0.104. The Kier molecular flexibility index (Phi) is 3.84. The molecule has 0 bridgehead atoms. The standard InChI is InChI=1S/C19H18N2O3S/c1-3-13-10(2)8-12-16(20)18(25-19(12)21-13)17(22)11-4-5-14-15(9-11)24-7-6-23-14/h4-5,8-9H,3,6-7,20H2,1-2H3. The van der Waals surface area contributed by atoms with E-state index in [9.17, 15) is 4.79 Å². The van der Waals surface area contributed by atoms with Crippen LogP contribution in [0.2, 0.25) is 0 Å². The molecule has 0 aliphatic carbocycles. The van der Waals surface area contributed by atoms with Gasteiger partial charge in [0.05, 0.1) is 5.69 Å². The Morgan fingerprint density at radius 2 is 2.00 bits per heavy atom. The predicted molar refractivity (Wildman–Crippen MR) is 99.0 cm³/mol. The number of thiophene rings is 1. The summed E-state index contributed by atoms with van der Waals surface area (Å²) in [6, 6.07) is 7.25. The van der Waals surface area contributed by atoms with E-state index in [0.717, 1.165) is 27.9 Å². The molecule has 1 aliphatic rings. The maximum absolute atomic E-state index is 13.0. The Balaban J connectivity index is 1.78. The molecule has 2 N–H and O–H groups in total. The number of anilines is 1. The molecule has 5 nitrogen and oxygen atoms in total. The van der Waals surface area contributed by atoms with Crippen LogP contribution in [-0.4, -0.2) is 24.0 Å². The number of hydrogen-bond acceptors (Lipinski definition) is 6. The van der Waals surface area contributed by atoms with Crippen molar-refractivity contribution < 1.29 is 14.3 Å². The molecule has 128 valence electrons. The highest BCUT2D eigenvalue weighted by Gasteiger charge is 2.22. The molecule has 3 heterocycles. The van der Waals surface area contributed by atoms with Crippen LogP contribution in [0.3, 0.4) is 0 Å². The summed E-state index contributed by atoms with van der Waals surface area (Å²) in [5.41, 5.74) is 9.43. The molecule has 6 heteroatoms. The first-order valence-electron chi connectivity index (χ1n) is 8.21. The number of aromatic nitrogens is 1. The van der Waals surface area contributed by atoms with Crippen molar-refractivity contribution in [3.05, 3.63) is 46.0 Å². The molecule has 4 rings (SSSR count). The van der Waals surface area contributed by atoms with Gasteiger partial charge < -0.3 is 15.2 Å². The van der Waals surface area contributed by atoms with Gasteiger partial charge in [-0.15, -0.1) is 11.3 Å². The second-order valence-electron chi connectivity index (χ2n) is 5.99. The average molecular weight is 354 g/mol. The largest absolute Gasteiger partial charge is 0.486 e. The van der Waals surface area contributed by atoms with Gasteiger partial charge in [-0.25, -0.2) is 4.98 Å². The number of rotatable bonds is 3. The quantitative estimate of drug-likeness (QED) is 0.725. The van der Waals surface area contributed by atoms with Gasteiger partial charge >= 0.3 is 0 Å². The number of nitrogens with two attached hydrogens (primary N) is 1. The molecule has 25 heavy (non-hydrogen) atoms. The molecule has 0 spiro atoms. The van der Waals surface area contributed by atoms with E-state index in [-0.39, 0.29) is 5.78 Å². The van der Waals surface area contributed by atoms with Crippen molar-refractivity contribution in [3.63, 3.8) is 0 Å². The zero-order valence-electron chi connectivity index (χ0n) is 14.1. The third kappa shape index (κ3) is 2.62. The van der Waals surface area contributed by atoms with E-state index >= 15 is 0 Å². The number of carbonyl (C=O) groups is 1. The van der Waals surface area contributed by atoms with Crippen LogP contribution < -0.4 is 15.2 Å². The van der Waals surface area contributed by atoms with Gasteiger partial charge in [-0.3, -0.25) is 4.79 Å². The van der Waals surface area contributed by atoms with E-state index in [4.69, 9.17) is 15.2 Å². The van der Waals surface area contributed by atoms with Gasteiger partial charge in [-0.05, 0) is 43.2 Å². The van der Waals surface area contributed by atoms with Gasteiger partial charge in [0.15, 0.2) is 11.5 Å². The smallest absolute Gasteiger partial charge is 0.205 e. The highest BCUT2D eigenvalue weighted by molar-refractivity contribution is 7.21. The first-order valence-corrected chi connectivity index (χ1v) is 9.03. The van der Waals surface area contributed by atoms with E-state index in [1.807, 2.05) is 13.0 Å². The zero-order chi connectivity index (χ0) is 17.6. The minimum atomic E-state index is -0.117. The van der Waals surface area contributed by atoms with E-state index < -0.39 is 0 Å². The Hall–Kier alpha value is -2.60. The number of nitrogens with zero attached hydrogens (tertiary/aromatic N) is 1. The second-order valence-corrected chi connectivity index (χ2v) is 6.99. The third-order valence-corrected chi connectivity index (χ3v) is 5.48. The fraction of sp³-hybridized carbons (Fsp3) is 0.263. The van der Waals surface area contributed by atoms with E-state index in [2.05, 4.69) is 11.9 Å². The lowest BCUT2D eigenvalue weighted by atomic mass is 10.1. The van der Waals surface area contributed by atoms with Crippen molar-refractivity contribution in [2.24, 2.45) is 0 Å². The number of hydrogen-bond donors (Lipinski definition) is 1. The Bertz CT molecular complexity index is 994. The highest BCUT2D eigenvalue weighted by Crippen LogP contribution is 2.37. The number of nitrogen functional groups attached to an aromatic ring is 1. The van der Waals surface area contributed by atoms with Crippen molar-refractivity contribution in [3.8, 4) is 11.5 Å². The highest BCUT2D eigenvalue weighted by atomic mass is 32.1. The van der Waals surface area contributed by atoms with Crippen LogP contribution in [0.25, 0.3) is 10.2 Å². The van der Waals surface area contributed by atoms with E-state index in [1.54, 1.807) is 18.2 Å². The van der Waals surface area contributed by atoms with Crippen LogP contribution in [0.5, 0.6) is 11.5 Å². The molecular formula is C19H18N2O3S. The monoisotopic (exact) mass is 354 g/mol. The van der Waals surface area contributed by atoms with Gasteiger partial charge in [0.2, 0.25) is 5.78 Å². The molecule has 3 aromatic rings. The van der Waals surface area contributed by atoms with E-state index in [1.165, 1.54) is 11.3 Å². The number of ether oxygens (including phenoxy) is 2. The third-order valence-electron chi connectivity index (χ3n) is 4.36. The van der Waals surface area contributed by atoms with Crippen molar-refractivity contribution in [1.29, 1.82) is 0 Å². The second kappa shape index (κ2) is 6.04. The molecule has 0 saturated heterocycles. The first kappa shape index (κ1) is 15.9. The van der Waals surface area contributed by atoms with E-state index in [0.29, 0.717) is 40.8 Å². The van der Waals surface area contributed by atoms with Crippen LogP contribution in [-0.2, 0) is 6.42 Å². The Morgan fingerprint density at radius 1 is 1.24 bits per heavy atom. The number of aryl methyl sites for hydroxylation is 2. The minimum Gasteiger partial charge on any atom is -0.486 e. The molecule has 0 fully saturated rings. The molecule has 1 aliphatic heterocycles. The predicted octanol–water partition coefficient (Wildman–Crippen LogP) is 3.75. The SMILES string of the molecule is CCc1nc2sc(C(=O)c3ccc4c(c3)OCCO4)c(N)c2cc1C. The van der Waals surface area contributed by atoms with Gasteiger partial charge in [-0.2, -0.15) is 0 Å². The molecule has 2 aromatic heterocycles. The van der Waals surface area contributed by atoms with Crippen LogP contribution >= 0.6 is 11.3 Å². The summed E-state index contributed by atoms with van der Waals surface area (Å²) in [6.45, 7) is 5.09. The van der Waals surface area contributed by atoms with Crippen molar-refractivity contribution in [1.82, 2.24) is 4.98 Å². The Labute approximate surface area is 149 Å². The van der Waals surface area contributed by atoms with Crippen LogP contribution in [0.1, 0.15) is 33.4 Å². The summed E-state index contributed by atoms with van der Waals surface area (Å²) in [7, 11) is 0. The number of benzene rings is 1. The summed E-state index contributed by atoms with van der Waals surface area (Å²) >= 11 is 1.34. The fourth-order valence-corrected chi connectivity index (χ4v) is 4.08. The first-order chi connectivity index (χ1) is 12.1. The molecule has 0 radical (unpaired) electrons. The summed E-state index contributed by atoms with van der Waals surface area (Å²) < 4.78 is 11.1. The number of ketones is 1. The van der Waals surface area contributed by atoms with Crippen molar-refractivity contribution in [2.75, 3.05) is 18.9 Å². The topological polar surface area (TPSA) is 74.4 Å². The maximum Gasteiger partial charge on any atom is 0.205 e. The van der Waals surface area contributed by atoms with Gasteiger partial charge in [0, 0.05) is 16.6 Å². The molecular weight excluding hydrogens is 336 g/mol. The molecule has 0 saturated carbocycles. The summed E-state index contributed by atoms with van der Waals surface area (Å²) in [4.78, 5) is 19.0. The van der Waals surface area contributed by atoms with Gasteiger partial charge in [0.25, 0.3) is 0 Å². The van der Waals surface area contributed by atoms with Crippen LogP contribution in [0, 0.1) is 6.92 Å². The molecule has 0 atom stereocenters. The average Bonchev–Trinajstić information content (AvgIpc) is 2.96. The minimum absolute atomic E-state index is 0.117. The number of pyridine rings is 1. The number of carbonyl (C=O) groups excluding carboxylic acids is 1. The molecule has 0 amide bonds. The molecule has 0 unspecified atom stereocenters.